The van der Waals surface area contributed by atoms with Crippen LogP contribution in [0.2, 0.25) is 0 Å². The lowest BCUT2D eigenvalue weighted by Gasteiger charge is -2.22. The summed E-state index contributed by atoms with van der Waals surface area (Å²) >= 11 is 17.4. The fraction of sp³-hybridized carbons (Fsp3) is 0.700. The Bertz CT molecular complexity index is 424. The Morgan fingerprint density at radius 2 is 1.70 bits per heavy atom. The topological polar surface area (TPSA) is 94.4 Å². The van der Waals surface area contributed by atoms with Gasteiger partial charge in [-0.2, -0.15) is 15.0 Å². The van der Waals surface area contributed by atoms with Gasteiger partial charge in [0.25, 0.3) is 0 Å². The molecule has 0 bridgehead atoms. The van der Waals surface area contributed by atoms with E-state index in [1.54, 1.807) is 4.90 Å². The van der Waals surface area contributed by atoms with Crippen LogP contribution >= 0.6 is 34.8 Å². The Morgan fingerprint density at radius 3 is 2.15 bits per heavy atom. The van der Waals surface area contributed by atoms with Gasteiger partial charge in [-0.25, -0.2) is 0 Å². The minimum Gasteiger partial charge on any atom is -0.395 e. The Balaban J connectivity index is 3.18. The SMILES string of the molecule is CCNc1nc(N(CCO)CCO)nc(C(Cl)(Cl)Cl)n1. The number of anilines is 2. The summed E-state index contributed by atoms with van der Waals surface area (Å²) < 4.78 is -1.79. The molecule has 1 heterocycles. The molecule has 0 amide bonds. The van der Waals surface area contributed by atoms with Crippen LogP contribution in [0.1, 0.15) is 12.7 Å². The second kappa shape index (κ2) is 7.99. The largest absolute Gasteiger partial charge is 0.395 e. The van der Waals surface area contributed by atoms with Gasteiger partial charge in [0.15, 0.2) is 5.82 Å². The van der Waals surface area contributed by atoms with Crippen LogP contribution in [0.4, 0.5) is 11.9 Å². The number of aliphatic hydroxyl groups excluding tert-OH is 2. The van der Waals surface area contributed by atoms with E-state index in [1.165, 1.54) is 0 Å². The van der Waals surface area contributed by atoms with Gasteiger partial charge in [-0.05, 0) is 6.92 Å². The highest BCUT2D eigenvalue weighted by Crippen LogP contribution is 2.36. The summed E-state index contributed by atoms with van der Waals surface area (Å²) in [6.45, 7) is 2.71. The molecule has 1 rings (SSSR count). The molecule has 0 fully saturated rings. The van der Waals surface area contributed by atoms with Gasteiger partial charge in [0.2, 0.25) is 15.7 Å². The van der Waals surface area contributed by atoms with Crippen molar-refractivity contribution in [3.05, 3.63) is 5.82 Å². The van der Waals surface area contributed by atoms with E-state index in [0.717, 1.165) is 0 Å². The number of alkyl halides is 3. The van der Waals surface area contributed by atoms with Gasteiger partial charge in [-0.15, -0.1) is 0 Å². The zero-order valence-electron chi connectivity index (χ0n) is 10.9. The maximum absolute atomic E-state index is 9.04. The van der Waals surface area contributed by atoms with Crippen molar-refractivity contribution in [1.29, 1.82) is 0 Å². The minimum absolute atomic E-state index is 0.0238. The van der Waals surface area contributed by atoms with E-state index < -0.39 is 3.79 Å². The van der Waals surface area contributed by atoms with E-state index in [-0.39, 0.29) is 44.0 Å². The summed E-state index contributed by atoms with van der Waals surface area (Å²) in [6.07, 6.45) is 0. The van der Waals surface area contributed by atoms with Crippen LogP contribution < -0.4 is 10.2 Å². The van der Waals surface area contributed by atoms with E-state index in [0.29, 0.717) is 6.54 Å². The molecule has 1 aromatic heterocycles. The number of rotatable bonds is 7. The lowest BCUT2D eigenvalue weighted by atomic mass is 10.5. The van der Waals surface area contributed by atoms with Gasteiger partial charge in [0, 0.05) is 19.6 Å². The molecule has 0 saturated heterocycles. The number of nitrogens with one attached hydrogen (secondary N) is 1. The highest BCUT2D eigenvalue weighted by atomic mass is 35.6. The predicted octanol–water partition coefficient (Wildman–Crippen LogP) is 0.921. The van der Waals surface area contributed by atoms with Crippen molar-refractivity contribution < 1.29 is 10.2 Å². The molecule has 7 nitrogen and oxygen atoms in total. The van der Waals surface area contributed by atoms with Crippen molar-refractivity contribution in [3.63, 3.8) is 0 Å². The molecule has 0 aliphatic heterocycles. The second-order valence-electron chi connectivity index (χ2n) is 3.74. The van der Waals surface area contributed by atoms with Gasteiger partial charge in [-0.1, -0.05) is 34.8 Å². The average Bonchev–Trinajstić information content (AvgIpc) is 2.37. The molecule has 0 saturated carbocycles. The van der Waals surface area contributed by atoms with Crippen LogP contribution in [-0.4, -0.2) is 58.0 Å². The van der Waals surface area contributed by atoms with Crippen molar-refractivity contribution in [2.75, 3.05) is 43.1 Å². The molecular formula is C10H16Cl3N5O2. The van der Waals surface area contributed by atoms with Crippen molar-refractivity contribution in [2.45, 2.75) is 10.7 Å². The number of hydrogen-bond acceptors (Lipinski definition) is 7. The average molecular weight is 345 g/mol. The summed E-state index contributed by atoms with van der Waals surface area (Å²) in [5, 5.41) is 21.0. The van der Waals surface area contributed by atoms with Crippen LogP contribution in [0.3, 0.4) is 0 Å². The summed E-state index contributed by atoms with van der Waals surface area (Å²) in [6, 6.07) is 0. The first-order chi connectivity index (χ1) is 9.42. The van der Waals surface area contributed by atoms with Gasteiger partial charge in [0.1, 0.15) is 0 Å². The highest BCUT2D eigenvalue weighted by molar-refractivity contribution is 6.66. The maximum atomic E-state index is 9.04. The number of halogens is 3. The molecule has 0 spiro atoms. The molecule has 0 atom stereocenters. The van der Waals surface area contributed by atoms with Crippen LogP contribution in [0.15, 0.2) is 0 Å². The highest BCUT2D eigenvalue weighted by Gasteiger charge is 2.29. The van der Waals surface area contributed by atoms with Gasteiger partial charge >= 0.3 is 0 Å². The molecule has 0 aliphatic rings. The van der Waals surface area contributed by atoms with Gasteiger partial charge in [0.05, 0.1) is 13.2 Å². The van der Waals surface area contributed by atoms with E-state index in [4.69, 9.17) is 45.0 Å². The number of aromatic nitrogens is 3. The number of nitrogens with zero attached hydrogens (tertiary/aromatic N) is 4. The molecule has 0 aliphatic carbocycles. The minimum atomic E-state index is -1.79. The quantitative estimate of drug-likeness (QED) is 0.633. The van der Waals surface area contributed by atoms with Crippen molar-refractivity contribution in [1.82, 2.24) is 15.0 Å². The Hall–Kier alpha value is -0.600. The summed E-state index contributed by atoms with van der Waals surface area (Å²) in [7, 11) is 0. The summed E-state index contributed by atoms with van der Waals surface area (Å²) in [4.78, 5) is 13.8. The van der Waals surface area contributed by atoms with Gasteiger partial charge in [-0.3, -0.25) is 0 Å². The molecule has 20 heavy (non-hydrogen) atoms. The molecular weight excluding hydrogens is 329 g/mol. The first-order valence-electron chi connectivity index (χ1n) is 5.96. The third kappa shape index (κ3) is 5.06. The number of hydrogen-bond donors (Lipinski definition) is 3. The van der Waals surface area contributed by atoms with Crippen molar-refractivity contribution in [2.24, 2.45) is 0 Å². The lowest BCUT2D eigenvalue weighted by Crippen LogP contribution is -2.32. The molecule has 114 valence electrons. The monoisotopic (exact) mass is 343 g/mol. The zero-order valence-corrected chi connectivity index (χ0v) is 13.1. The van der Waals surface area contributed by atoms with E-state index in [2.05, 4.69) is 20.3 Å². The van der Waals surface area contributed by atoms with Crippen LogP contribution in [-0.2, 0) is 3.79 Å². The zero-order chi connectivity index (χ0) is 15.2. The third-order valence-electron chi connectivity index (χ3n) is 2.23. The molecule has 3 N–H and O–H groups in total. The van der Waals surface area contributed by atoms with E-state index in [1.807, 2.05) is 6.92 Å². The first kappa shape index (κ1) is 17.5. The summed E-state index contributed by atoms with van der Waals surface area (Å²) in [5.41, 5.74) is 0. The van der Waals surface area contributed by atoms with Crippen molar-refractivity contribution in [3.8, 4) is 0 Å². The fourth-order valence-electron chi connectivity index (χ4n) is 1.42. The predicted molar refractivity (Wildman–Crippen MR) is 79.6 cm³/mol. The molecule has 10 heteroatoms. The Morgan fingerprint density at radius 1 is 1.10 bits per heavy atom. The second-order valence-corrected chi connectivity index (χ2v) is 6.03. The molecule has 0 radical (unpaired) electrons. The Labute approximate surface area is 131 Å². The van der Waals surface area contributed by atoms with Crippen LogP contribution in [0.5, 0.6) is 0 Å². The standard InChI is InChI=1S/C10H16Cl3N5O2/c1-2-14-8-15-7(10(11,12)13)16-9(17-8)18(3-5-19)4-6-20/h19-20H,2-6H2,1H3,(H,14,15,16,17). The molecule has 1 aromatic rings. The maximum Gasteiger partial charge on any atom is 0.250 e. The molecule has 0 unspecified atom stereocenters. The van der Waals surface area contributed by atoms with Gasteiger partial charge < -0.3 is 20.4 Å². The normalized spacial score (nSPS) is 11.5. The smallest absolute Gasteiger partial charge is 0.250 e. The Kier molecular flexibility index (Phi) is 6.97. The van der Waals surface area contributed by atoms with Crippen LogP contribution in [0, 0.1) is 0 Å². The first-order valence-corrected chi connectivity index (χ1v) is 7.09. The van der Waals surface area contributed by atoms with E-state index >= 15 is 0 Å². The third-order valence-corrected chi connectivity index (χ3v) is 2.74. The fourth-order valence-corrected chi connectivity index (χ4v) is 1.68. The van der Waals surface area contributed by atoms with E-state index in [9.17, 15) is 0 Å². The van der Waals surface area contributed by atoms with Crippen LogP contribution in [0.25, 0.3) is 0 Å². The summed E-state index contributed by atoms with van der Waals surface area (Å²) in [5.74, 6) is 0.462. The lowest BCUT2D eigenvalue weighted by molar-refractivity contribution is 0.280. The number of aliphatic hydroxyl groups is 2. The van der Waals surface area contributed by atoms with Crippen molar-refractivity contribution >= 4 is 46.7 Å². The molecule has 0 aromatic carbocycles.